The standard InChI is InChI=1S/C26H25N7O2S/c34-22(15-19-5-1-3-11-27-19)16-21-10-9-20(30-31-21)14-17-7-8-18(13-17)25-32-33-26(36-25)29-24(35)23-6-2-4-12-28-23/h1-6,9-12,17-18H,7-8,13-16H2,(H,29,33,35)/t17-,18+/m0/s1. The Labute approximate surface area is 212 Å². The number of ketones is 1. The van der Waals surface area contributed by atoms with Crippen LogP contribution in [0, 0.1) is 5.92 Å². The van der Waals surface area contributed by atoms with Crippen molar-refractivity contribution >= 4 is 28.2 Å². The maximum atomic E-state index is 12.3. The van der Waals surface area contributed by atoms with Crippen LogP contribution in [0.1, 0.15) is 57.8 Å². The Balaban J connectivity index is 1.10. The van der Waals surface area contributed by atoms with Crippen molar-refractivity contribution < 1.29 is 9.59 Å². The largest absolute Gasteiger partial charge is 0.299 e. The monoisotopic (exact) mass is 499 g/mol. The highest BCUT2D eigenvalue weighted by atomic mass is 32.1. The first kappa shape index (κ1) is 23.8. The van der Waals surface area contributed by atoms with Crippen LogP contribution in [0.15, 0.2) is 60.9 Å². The first-order valence-corrected chi connectivity index (χ1v) is 12.7. The molecule has 0 aliphatic heterocycles. The highest BCUT2D eigenvalue weighted by Gasteiger charge is 2.29. The molecule has 0 spiro atoms. The lowest BCUT2D eigenvalue weighted by Crippen LogP contribution is -2.13. The number of anilines is 1. The van der Waals surface area contributed by atoms with Crippen molar-refractivity contribution in [3.8, 4) is 0 Å². The van der Waals surface area contributed by atoms with Crippen LogP contribution in [-0.4, -0.2) is 42.1 Å². The third-order valence-corrected chi connectivity index (χ3v) is 7.21. The molecule has 0 bridgehead atoms. The number of hydrogen-bond donors (Lipinski definition) is 1. The molecule has 0 aromatic carbocycles. The van der Waals surface area contributed by atoms with Gasteiger partial charge < -0.3 is 0 Å². The van der Waals surface area contributed by atoms with Gasteiger partial charge in [0.05, 0.1) is 17.8 Å². The molecule has 4 aromatic rings. The number of nitrogens with one attached hydrogen (secondary N) is 1. The van der Waals surface area contributed by atoms with E-state index in [0.717, 1.165) is 42.1 Å². The summed E-state index contributed by atoms with van der Waals surface area (Å²) < 4.78 is 0. The summed E-state index contributed by atoms with van der Waals surface area (Å²) in [7, 11) is 0. The van der Waals surface area contributed by atoms with Crippen molar-refractivity contribution in [1.29, 1.82) is 0 Å². The summed E-state index contributed by atoms with van der Waals surface area (Å²) in [5.41, 5.74) is 2.72. The minimum atomic E-state index is -0.289. The third kappa shape index (κ3) is 6.19. The molecule has 1 fully saturated rings. The number of pyridine rings is 2. The van der Waals surface area contributed by atoms with Gasteiger partial charge in [0.2, 0.25) is 5.13 Å². The number of hydrogen-bond acceptors (Lipinski definition) is 9. The van der Waals surface area contributed by atoms with Crippen molar-refractivity contribution in [1.82, 2.24) is 30.4 Å². The summed E-state index contributed by atoms with van der Waals surface area (Å²) in [5, 5.41) is 21.3. The average Bonchev–Trinajstić information content (AvgIpc) is 3.56. The molecule has 0 saturated heterocycles. The Morgan fingerprint density at radius 3 is 2.36 bits per heavy atom. The zero-order chi connectivity index (χ0) is 24.7. The molecular weight excluding hydrogens is 474 g/mol. The quantitative estimate of drug-likeness (QED) is 0.368. The Hall–Kier alpha value is -3.92. The number of carbonyl (C=O) groups excluding carboxylic acids is 2. The van der Waals surface area contributed by atoms with E-state index in [9.17, 15) is 9.59 Å². The lowest BCUT2D eigenvalue weighted by atomic mass is 9.99. The van der Waals surface area contributed by atoms with Crippen LogP contribution < -0.4 is 5.32 Å². The van der Waals surface area contributed by atoms with E-state index in [1.807, 2.05) is 30.3 Å². The smallest absolute Gasteiger partial charge is 0.276 e. The first-order chi connectivity index (χ1) is 17.6. The Kier molecular flexibility index (Phi) is 7.41. The normalized spacial score (nSPS) is 17.1. The molecule has 1 aliphatic rings. The van der Waals surface area contributed by atoms with E-state index >= 15 is 0 Å². The number of rotatable bonds is 9. The van der Waals surface area contributed by atoms with Gasteiger partial charge in [0.15, 0.2) is 0 Å². The van der Waals surface area contributed by atoms with Crippen LogP contribution in [-0.2, 0) is 24.1 Å². The van der Waals surface area contributed by atoms with Gasteiger partial charge in [0.25, 0.3) is 5.91 Å². The summed E-state index contributed by atoms with van der Waals surface area (Å²) in [6, 6.07) is 14.6. The molecule has 182 valence electrons. The number of Topliss-reactive ketones (excluding diaryl/α,β-unsaturated/α-hetero) is 1. The van der Waals surface area contributed by atoms with Crippen molar-refractivity contribution in [3.63, 3.8) is 0 Å². The minimum Gasteiger partial charge on any atom is -0.299 e. The second-order valence-corrected chi connectivity index (χ2v) is 9.93. The number of aromatic nitrogens is 6. The second kappa shape index (κ2) is 11.2. The fourth-order valence-corrected chi connectivity index (χ4v) is 5.33. The zero-order valence-electron chi connectivity index (χ0n) is 19.6. The minimum absolute atomic E-state index is 0.0713. The number of amides is 1. The molecule has 2 atom stereocenters. The van der Waals surface area contributed by atoms with E-state index in [0.29, 0.717) is 34.8 Å². The maximum absolute atomic E-state index is 12.3. The second-order valence-electron chi connectivity index (χ2n) is 8.92. The summed E-state index contributed by atoms with van der Waals surface area (Å²) in [4.78, 5) is 32.9. The van der Waals surface area contributed by atoms with E-state index in [-0.39, 0.29) is 18.1 Å². The molecule has 4 aromatic heterocycles. The lowest BCUT2D eigenvalue weighted by molar-refractivity contribution is -0.117. The Bertz CT molecular complexity index is 1310. The van der Waals surface area contributed by atoms with Crippen molar-refractivity contribution in [2.75, 3.05) is 5.32 Å². The molecule has 4 heterocycles. The van der Waals surface area contributed by atoms with Gasteiger partial charge in [-0.15, -0.1) is 10.2 Å². The van der Waals surface area contributed by atoms with Gasteiger partial charge in [-0.1, -0.05) is 23.5 Å². The highest BCUT2D eigenvalue weighted by Crippen LogP contribution is 2.41. The molecule has 10 heteroatoms. The summed E-state index contributed by atoms with van der Waals surface area (Å²) in [6.45, 7) is 0. The molecule has 5 rings (SSSR count). The fourth-order valence-electron chi connectivity index (χ4n) is 4.45. The van der Waals surface area contributed by atoms with Crippen LogP contribution in [0.25, 0.3) is 0 Å². The zero-order valence-corrected chi connectivity index (χ0v) is 20.4. The molecule has 1 N–H and O–H groups in total. The SMILES string of the molecule is O=C(Cc1ccccn1)Cc1ccc(C[C@H]2CC[C@@H](c3nnc(NC(=O)c4ccccn4)s3)C2)nn1. The summed E-state index contributed by atoms with van der Waals surface area (Å²) >= 11 is 1.42. The Morgan fingerprint density at radius 1 is 0.833 bits per heavy atom. The van der Waals surface area contributed by atoms with Crippen molar-refractivity contribution in [3.05, 3.63) is 88.7 Å². The van der Waals surface area contributed by atoms with Crippen LogP contribution in [0.4, 0.5) is 5.13 Å². The maximum Gasteiger partial charge on any atom is 0.276 e. The summed E-state index contributed by atoms with van der Waals surface area (Å²) in [6.07, 6.45) is 7.77. The van der Waals surface area contributed by atoms with Crippen molar-refractivity contribution in [2.24, 2.45) is 5.92 Å². The molecule has 36 heavy (non-hydrogen) atoms. The van der Waals surface area contributed by atoms with E-state index in [1.165, 1.54) is 11.3 Å². The van der Waals surface area contributed by atoms with Crippen LogP contribution in [0.2, 0.25) is 0 Å². The molecular formula is C26H25N7O2S. The number of nitrogens with zero attached hydrogens (tertiary/aromatic N) is 6. The third-order valence-electron chi connectivity index (χ3n) is 6.20. The molecule has 0 unspecified atom stereocenters. The van der Waals surface area contributed by atoms with Crippen LogP contribution in [0.3, 0.4) is 0 Å². The van der Waals surface area contributed by atoms with Gasteiger partial charge in [-0.05, 0) is 68.0 Å². The first-order valence-electron chi connectivity index (χ1n) is 11.9. The van der Waals surface area contributed by atoms with Gasteiger partial charge in [0.1, 0.15) is 16.5 Å². The predicted molar refractivity (Wildman–Crippen MR) is 135 cm³/mol. The molecule has 1 amide bonds. The van der Waals surface area contributed by atoms with Crippen LogP contribution in [0.5, 0.6) is 0 Å². The van der Waals surface area contributed by atoms with E-state index < -0.39 is 0 Å². The predicted octanol–water partition coefficient (Wildman–Crippen LogP) is 3.85. The lowest BCUT2D eigenvalue weighted by Gasteiger charge is -2.09. The van der Waals surface area contributed by atoms with E-state index in [2.05, 4.69) is 35.7 Å². The van der Waals surface area contributed by atoms with Gasteiger partial charge in [0, 0.05) is 30.4 Å². The van der Waals surface area contributed by atoms with Gasteiger partial charge in [-0.3, -0.25) is 24.9 Å². The molecule has 1 aliphatic carbocycles. The topological polar surface area (TPSA) is 124 Å². The van der Waals surface area contributed by atoms with Gasteiger partial charge >= 0.3 is 0 Å². The Morgan fingerprint density at radius 2 is 1.61 bits per heavy atom. The summed E-state index contributed by atoms with van der Waals surface area (Å²) in [5.74, 6) is 0.589. The van der Waals surface area contributed by atoms with Crippen molar-refractivity contribution in [2.45, 2.75) is 44.4 Å². The number of carbonyl (C=O) groups is 2. The van der Waals surface area contributed by atoms with E-state index in [1.54, 1.807) is 30.6 Å². The van der Waals surface area contributed by atoms with E-state index in [4.69, 9.17) is 0 Å². The van der Waals surface area contributed by atoms with Gasteiger partial charge in [-0.25, -0.2) is 0 Å². The average molecular weight is 500 g/mol. The molecule has 1 saturated carbocycles. The molecule has 0 radical (unpaired) electrons. The van der Waals surface area contributed by atoms with Gasteiger partial charge in [-0.2, -0.15) is 10.2 Å². The fraction of sp³-hybridized carbons (Fsp3) is 0.308. The highest BCUT2D eigenvalue weighted by molar-refractivity contribution is 7.15. The molecule has 9 nitrogen and oxygen atoms in total. The van der Waals surface area contributed by atoms with Crippen LogP contribution >= 0.6 is 11.3 Å².